The van der Waals surface area contributed by atoms with Crippen molar-refractivity contribution in [2.75, 3.05) is 47.5 Å². The molecule has 0 aromatic heterocycles. The summed E-state index contributed by atoms with van der Waals surface area (Å²) in [5.41, 5.74) is -0.181. The van der Waals surface area contributed by atoms with Crippen molar-refractivity contribution in [3.8, 4) is 12.3 Å². The van der Waals surface area contributed by atoms with Gasteiger partial charge in [-0.15, -0.1) is 12.3 Å². The first kappa shape index (κ1) is 47.2. The van der Waals surface area contributed by atoms with E-state index in [1.54, 1.807) is 0 Å². The summed E-state index contributed by atoms with van der Waals surface area (Å²) in [6.45, 7) is 1.91. The highest BCUT2D eigenvalue weighted by Gasteiger charge is 2.38. The quantitative estimate of drug-likeness (QED) is 0.0204. The molecule has 51 heavy (non-hydrogen) atoms. The van der Waals surface area contributed by atoms with Gasteiger partial charge in [-0.05, 0) is 38.5 Å². The van der Waals surface area contributed by atoms with Gasteiger partial charge in [-0.25, -0.2) is 0 Å². The summed E-state index contributed by atoms with van der Waals surface area (Å²) in [6.07, 6.45) is 29.9. The molecule has 2 atom stereocenters. The summed E-state index contributed by atoms with van der Waals surface area (Å²) in [5, 5.41) is 8.47. The minimum absolute atomic E-state index is 0.0408. The Bertz CT molecular complexity index is 1040. The monoisotopic (exact) mass is 742 g/mol. The van der Waals surface area contributed by atoms with Gasteiger partial charge in [0, 0.05) is 19.3 Å². The highest BCUT2D eigenvalue weighted by Crippen LogP contribution is 2.39. The lowest BCUT2D eigenvalue weighted by molar-refractivity contribution is -0.870. The van der Waals surface area contributed by atoms with Gasteiger partial charge in [0.1, 0.15) is 19.8 Å². The van der Waals surface area contributed by atoms with E-state index in [0.717, 1.165) is 77.0 Å². The number of esters is 2. The zero-order valence-corrected chi connectivity index (χ0v) is 33.6. The summed E-state index contributed by atoms with van der Waals surface area (Å²) in [4.78, 5) is 37.4. The second kappa shape index (κ2) is 28.6. The molecule has 1 aliphatic heterocycles. The van der Waals surface area contributed by atoms with E-state index in [1.165, 1.54) is 64.2 Å². The molecule has 0 N–H and O–H groups in total. The number of carbonyl (C=O) groups is 2. The molecular weight excluding hydrogens is 669 g/mol. The topological polar surface area (TPSA) is 136 Å². The minimum atomic E-state index is -4.63. The van der Waals surface area contributed by atoms with Gasteiger partial charge in [0.05, 0.1) is 27.7 Å². The number of ether oxygens (including phenoxy) is 2. The normalized spacial score (nSPS) is 15.2. The van der Waals surface area contributed by atoms with Crippen LogP contribution in [0.15, 0.2) is 10.2 Å². The Labute approximate surface area is 310 Å². The average molecular weight is 742 g/mol. The lowest BCUT2D eigenvalue weighted by Crippen LogP contribution is -2.37. The number of quaternary nitrogens is 1. The molecule has 0 radical (unpaired) electrons. The van der Waals surface area contributed by atoms with Gasteiger partial charge < -0.3 is 27.9 Å². The van der Waals surface area contributed by atoms with Gasteiger partial charge in [-0.1, -0.05) is 110 Å². The molecule has 0 saturated heterocycles. The maximum absolute atomic E-state index is 12.6. The molecule has 1 rings (SSSR count). The number of rotatable bonds is 36. The molecule has 12 heteroatoms. The SMILES string of the molecule is C#CCCCC1(CCCCCCCCC(=O)O[C@H](COC(=O)CCCCCCCCCCCCCCC)COP(=O)([O-])OCC[N+](C)(C)C)N=N1. The van der Waals surface area contributed by atoms with Crippen LogP contribution in [0, 0.1) is 12.3 Å². The number of phosphoric ester groups is 1. The van der Waals surface area contributed by atoms with Crippen LogP contribution in [-0.4, -0.2) is 75.7 Å². The molecule has 0 aromatic rings. The average Bonchev–Trinajstić information content (AvgIpc) is 3.84. The second-order valence-corrected chi connectivity index (χ2v) is 16.6. The predicted molar refractivity (Wildman–Crippen MR) is 201 cm³/mol. The number of unbranched alkanes of at least 4 members (excludes halogenated alkanes) is 18. The summed E-state index contributed by atoms with van der Waals surface area (Å²) >= 11 is 0. The van der Waals surface area contributed by atoms with E-state index in [9.17, 15) is 19.0 Å². The van der Waals surface area contributed by atoms with Crippen LogP contribution in [0.3, 0.4) is 0 Å². The van der Waals surface area contributed by atoms with Gasteiger partial charge in [-0.2, -0.15) is 10.2 Å². The largest absolute Gasteiger partial charge is 0.756 e. The first-order valence-corrected chi connectivity index (χ1v) is 21.5. The van der Waals surface area contributed by atoms with Crippen LogP contribution in [0.1, 0.15) is 167 Å². The van der Waals surface area contributed by atoms with Crippen LogP contribution < -0.4 is 4.89 Å². The zero-order chi connectivity index (χ0) is 37.7. The van der Waals surface area contributed by atoms with Gasteiger partial charge in [0.25, 0.3) is 7.82 Å². The van der Waals surface area contributed by atoms with Crippen molar-refractivity contribution >= 4 is 19.8 Å². The molecule has 0 aliphatic carbocycles. The van der Waals surface area contributed by atoms with E-state index in [2.05, 4.69) is 23.1 Å². The van der Waals surface area contributed by atoms with Crippen LogP contribution >= 0.6 is 7.82 Å². The molecule has 0 saturated carbocycles. The molecule has 1 aliphatic rings. The summed E-state index contributed by atoms with van der Waals surface area (Å²) in [5.74, 6) is 1.79. The Hall–Kier alpha value is -1.83. The molecule has 11 nitrogen and oxygen atoms in total. The molecule has 0 amide bonds. The third-order valence-electron chi connectivity index (χ3n) is 9.13. The summed E-state index contributed by atoms with van der Waals surface area (Å²) in [6, 6.07) is 0. The minimum Gasteiger partial charge on any atom is -0.756 e. The molecule has 0 aromatic carbocycles. The summed E-state index contributed by atoms with van der Waals surface area (Å²) < 4.78 is 33.8. The van der Waals surface area contributed by atoms with Crippen LogP contribution in [-0.2, 0) is 32.7 Å². The highest BCUT2D eigenvalue weighted by atomic mass is 31.2. The fourth-order valence-corrected chi connectivity index (χ4v) is 6.53. The number of hydrogen-bond acceptors (Lipinski definition) is 10. The first-order chi connectivity index (χ1) is 24.4. The standard InChI is InChI=1S/C39H72N3O8P/c1-6-8-10-11-12-13-14-15-16-17-18-21-24-28-37(43)47-34-36(35-49-51(45,46)48-33-32-42(3,4)5)50-38(44)29-25-22-19-20-23-27-31-39(40-41-39)30-26-9-7-2/h2,36H,6,8-35H2,1,3-5H3/t36-/m1/s1. The molecule has 1 heterocycles. The number of hydrogen-bond donors (Lipinski definition) is 0. The molecule has 296 valence electrons. The highest BCUT2D eigenvalue weighted by molar-refractivity contribution is 7.45. The molecule has 0 fully saturated rings. The van der Waals surface area contributed by atoms with Gasteiger partial charge in [0.15, 0.2) is 11.8 Å². The van der Waals surface area contributed by atoms with Crippen LogP contribution in [0.4, 0.5) is 0 Å². The second-order valence-electron chi connectivity index (χ2n) is 15.2. The zero-order valence-electron chi connectivity index (χ0n) is 32.7. The lowest BCUT2D eigenvalue weighted by atomic mass is 9.98. The van der Waals surface area contributed by atoms with Crippen molar-refractivity contribution in [2.45, 2.75) is 179 Å². The number of nitrogens with zero attached hydrogens (tertiary/aromatic N) is 3. The van der Waals surface area contributed by atoms with Gasteiger partial charge >= 0.3 is 11.9 Å². The van der Waals surface area contributed by atoms with Crippen molar-refractivity contribution in [3.63, 3.8) is 0 Å². The van der Waals surface area contributed by atoms with Crippen molar-refractivity contribution in [3.05, 3.63) is 0 Å². The van der Waals surface area contributed by atoms with Crippen LogP contribution in [0.5, 0.6) is 0 Å². The Kier molecular flexibility index (Phi) is 26.5. The third kappa shape index (κ3) is 29.3. The van der Waals surface area contributed by atoms with E-state index in [4.69, 9.17) is 24.9 Å². The first-order valence-electron chi connectivity index (χ1n) is 20.0. The van der Waals surface area contributed by atoms with E-state index in [0.29, 0.717) is 17.4 Å². The van der Waals surface area contributed by atoms with E-state index in [1.807, 2.05) is 21.1 Å². The maximum Gasteiger partial charge on any atom is 0.306 e. The molecule has 1 unspecified atom stereocenters. The fourth-order valence-electron chi connectivity index (χ4n) is 5.80. The maximum atomic E-state index is 12.6. The van der Waals surface area contributed by atoms with Crippen molar-refractivity contribution < 1.29 is 42.1 Å². The van der Waals surface area contributed by atoms with E-state index < -0.39 is 32.5 Å². The van der Waals surface area contributed by atoms with Crippen molar-refractivity contribution in [1.82, 2.24) is 0 Å². The Morgan fingerprint density at radius 3 is 1.73 bits per heavy atom. The van der Waals surface area contributed by atoms with Crippen LogP contribution in [0.25, 0.3) is 0 Å². The summed E-state index contributed by atoms with van der Waals surface area (Å²) in [7, 11) is 1.13. The Balaban J connectivity index is 2.32. The number of phosphoric acid groups is 1. The smallest absolute Gasteiger partial charge is 0.306 e. The molecule has 0 bridgehead atoms. The Morgan fingerprint density at radius 1 is 0.725 bits per heavy atom. The molecular formula is C39H72N3O8P. The number of likely N-dealkylation sites (N-methyl/N-ethyl adjacent to an activating group) is 1. The Morgan fingerprint density at radius 2 is 1.22 bits per heavy atom. The third-order valence-corrected chi connectivity index (χ3v) is 10.1. The van der Waals surface area contributed by atoms with E-state index in [-0.39, 0.29) is 31.7 Å². The lowest BCUT2D eigenvalue weighted by Gasteiger charge is -2.28. The van der Waals surface area contributed by atoms with Crippen molar-refractivity contribution in [2.24, 2.45) is 10.2 Å². The van der Waals surface area contributed by atoms with Gasteiger partial charge in [-0.3, -0.25) is 14.2 Å². The fraction of sp³-hybridized carbons (Fsp3) is 0.897. The number of carbonyl (C=O) groups excluding carboxylic acids is 2. The van der Waals surface area contributed by atoms with Crippen molar-refractivity contribution in [1.29, 1.82) is 0 Å². The number of terminal acetylenes is 1. The van der Waals surface area contributed by atoms with E-state index >= 15 is 0 Å². The van der Waals surface area contributed by atoms with Crippen LogP contribution in [0.2, 0.25) is 0 Å². The molecule has 0 spiro atoms. The van der Waals surface area contributed by atoms with Gasteiger partial charge in [0.2, 0.25) is 0 Å². The predicted octanol–water partition coefficient (Wildman–Crippen LogP) is 9.22.